The summed E-state index contributed by atoms with van der Waals surface area (Å²) in [5.74, 6) is 0.402. The molecule has 0 bridgehead atoms. The van der Waals surface area contributed by atoms with Gasteiger partial charge in [0.05, 0.1) is 23.5 Å². The number of nitrogens with one attached hydrogen (secondary N) is 1. The maximum absolute atomic E-state index is 13.7. The number of hydrogen-bond acceptors (Lipinski definition) is 6. The topological polar surface area (TPSA) is 117 Å². The van der Waals surface area contributed by atoms with Gasteiger partial charge in [-0.05, 0) is 19.1 Å². The predicted octanol–water partition coefficient (Wildman–Crippen LogP) is 2.81. The number of carbonyl (C=O) groups excluding carboxylic acids is 1. The van der Waals surface area contributed by atoms with Crippen molar-refractivity contribution in [1.29, 1.82) is 0 Å². The predicted molar refractivity (Wildman–Crippen MR) is 104 cm³/mol. The fourth-order valence-electron chi connectivity index (χ4n) is 3.54. The number of rotatable bonds is 5. The molecule has 0 spiro atoms. The van der Waals surface area contributed by atoms with Crippen LogP contribution in [-0.4, -0.2) is 46.1 Å². The number of aromatic nitrogens is 4. The van der Waals surface area contributed by atoms with Crippen LogP contribution in [-0.2, 0) is 15.1 Å². The average Bonchev–Trinajstić information content (AvgIpc) is 3.33. The van der Waals surface area contributed by atoms with Crippen molar-refractivity contribution in [1.82, 2.24) is 19.7 Å². The zero-order valence-corrected chi connectivity index (χ0v) is 16.4. The van der Waals surface area contributed by atoms with E-state index in [1.54, 1.807) is 13.0 Å². The van der Waals surface area contributed by atoms with Crippen LogP contribution in [0.25, 0.3) is 16.7 Å². The second-order valence-corrected chi connectivity index (χ2v) is 7.02. The van der Waals surface area contributed by atoms with E-state index in [1.807, 2.05) is 0 Å². The summed E-state index contributed by atoms with van der Waals surface area (Å²) in [6.07, 6.45) is -0.685. The van der Waals surface area contributed by atoms with E-state index >= 15 is 0 Å². The summed E-state index contributed by atoms with van der Waals surface area (Å²) in [6.45, 7) is 2.43. The molecule has 0 radical (unpaired) electrons. The highest BCUT2D eigenvalue weighted by Gasteiger charge is 2.39. The number of halogens is 2. The Hall–Kier alpha value is -3.18. The first-order chi connectivity index (χ1) is 14.3. The molecule has 0 aromatic carbocycles. The lowest BCUT2D eigenvalue weighted by atomic mass is 9.96. The number of methoxy groups -OCH3 is 1. The van der Waals surface area contributed by atoms with Gasteiger partial charge in [-0.3, -0.25) is 5.32 Å². The summed E-state index contributed by atoms with van der Waals surface area (Å²) in [7, 11) is 1.51. The Kier molecular flexibility index (Phi) is 5.08. The zero-order chi connectivity index (χ0) is 21.5. The van der Waals surface area contributed by atoms with Gasteiger partial charge in [-0.15, -0.1) is 0 Å². The molecule has 0 aliphatic carbocycles. The van der Waals surface area contributed by atoms with Crippen molar-refractivity contribution in [3.63, 3.8) is 0 Å². The van der Waals surface area contributed by atoms with Crippen molar-refractivity contribution < 1.29 is 23.0 Å². The fourth-order valence-corrected chi connectivity index (χ4v) is 3.54. The summed E-state index contributed by atoms with van der Waals surface area (Å²) in [4.78, 5) is 19.9. The van der Waals surface area contributed by atoms with Crippen molar-refractivity contribution >= 4 is 22.8 Å². The molecule has 11 heteroatoms. The van der Waals surface area contributed by atoms with Crippen LogP contribution in [0.3, 0.4) is 0 Å². The minimum Gasteiger partial charge on any atom is -0.378 e. The van der Waals surface area contributed by atoms with Crippen molar-refractivity contribution in [3.05, 3.63) is 41.3 Å². The second-order valence-electron chi connectivity index (χ2n) is 7.02. The van der Waals surface area contributed by atoms with Gasteiger partial charge >= 0.3 is 6.03 Å². The number of nitrogens with zero attached hydrogens (tertiary/aromatic N) is 4. The number of carbonyl (C=O) groups is 1. The average molecular weight is 418 g/mol. The Labute approximate surface area is 170 Å². The van der Waals surface area contributed by atoms with Gasteiger partial charge in [0.2, 0.25) is 0 Å². The van der Waals surface area contributed by atoms with E-state index in [-0.39, 0.29) is 23.8 Å². The number of aryl methyl sites for hydroxylation is 1. The maximum Gasteiger partial charge on any atom is 0.317 e. The third-order valence-electron chi connectivity index (χ3n) is 5.15. The van der Waals surface area contributed by atoms with Crippen molar-refractivity contribution in [3.8, 4) is 5.82 Å². The molecule has 1 aliphatic rings. The van der Waals surface area contributed by atoms with Gasteiger partial charge in [0, 0.05) is 43.4 Å². The highest BCUT2D eigenvalue weighted by Crippen LogP contribution is 2.36. The van der Waals surface area contributed by atoms with E-state index in [1.165, 1.54) is 30.1 Å². The van der Waals surface area contributed by atoms with Crippen LogP contribution >= 0.6 is 0 Å². The number of pyridine rings is 2. The van der Waals surface area contributed by atoms with E-state index in [0.29, 0.717) is 35.3 Å². The molecule has 2 amide bonds. The number of alkyl halides is 2. The normalized spacial score (nSPS) is 19.0. The summed E-state index contributed by atoms with van der Waals surface area (Å²) in [5, 5.41) is 7.53. The lowest BCUT2D eigenvalue weighted by molar-refractivity contribution is -0.0248. The van der Waals surface area contributed by atoms with Gasteiger partial charge < -0.3 is 15.2 Å². The van der Waals surface area contributed by atoms with Crippen LogP contribution in [0.5, 0.6) is 0 Å². The summed E-state index contributed by atoms with van der Waals surface area (Å²) >= 11 is 0. The molecule has 30 heavy (non-hydrogen) atoms. The van der Waals surface area contributed by atoms with Gasteiger partial charge in [0.25, 0.3) is 6.43 Å². The minimum atomic E-state index is -2.71. The molecule has 4 rings (SSSR count). The Balaban J connectivity index is 1.91. The van der Waals surface area contributed by atoms with Crippen LogP contribution in [0, 0.1) is 6.92 Å². The Morgan fingerprint density at radius 3 is 2.83 bits per heavy atom. The largest absolute Gasteiger partial charge is 0.378 e. The third-order valence-corrected chi connectivity index (χ3v) is 5.15. The standard InChI is InChI=1S/C19H20F2N6O3/c1-10-12-8-23-15(25-18(22)28)7-13(12)27(26-10)16-6-11(17(20)21)5-14(24-16)19(29-2)3-4-30-9-19/h5-8,17H,3-4,9H2,1-2H3,(H3,22,23,25,28)/t19-/m0/s1. The molecule has 9 nitrogen and oxygen atoms in total. The molecule has 3 N–H and O–H groups in total. The highest BCUT2D eigenvalue weighted by molar-refractivity contribution is 5.90. The van der Waals surface area contributed by atoms with E-state index in [2.05, 4.69) is 20.4 Å². The first kappa shape index (κ1) is 20.1. The molecule has 4 heterocycles. The third kappa shape index (κ3) is 3.46. The zero-order valence-electron chi connectivity index (χ0n) is 16.4. The maximum atomic E-state index is 13.7. The van der Waals surface area contributed by atoms with Crippen LogP contribution in [0.15, 0.2) is 24.4 Å². The molecular weight excluding hydrogens is 398 g/mol. The molecule has 1 atom stereocenters. The Morgan fingerprint density at radius 1 is 1.40 bits per heavy atom. The van der Waals surface area contributed by atoms with Crippen LogP contribution in [0.2, 0.25) is 0 Å². The Morgan fingerprint density at radius 2 is 2.20 bits per heavy atom. The molecule has 0 saturated carbocycles. The molecule has 158 valence electrons. The molecule has 3 aromatic rings. The second kappa shape index (κ2) is 7.58. The molecule has 1 saturated heterocycles. The van der Waals surface area contributed by atoms with E-state index in [9.17, 15) is 13.6 Å². The molecule has 0 unspecified atom stereocenters. The molecular formula is C19H20F2N6O3. The summed E-state index contributed by atoms with van der Waals surface area (Å²) < 4.78 is 39.9. The quantitative estimate of drug-likeness (QED) is 0.658. The Bertz CT molecular complexity index is 1110. The summed E-state index contributed by atoms with van der Waals surface area (Å²) in [6, 6.07) is 3.40. The number of primary amides is 1. The number of anilines is 1. The van der Waals surface area contributed by atoms with E-state index in [0.717, 1.165) is 0 Å². The lowest BCUT2D eigenvalue weighted by Gasteiger charge is -2.26. The van der Waals surface area contributed by atoms with E-state index in [4.69, 9.17) is 15.2 Å². The number of urea groups is 1. The smallest absolute Gasteiger partial charge is 0.317 e. The monoisotopic (exact) mass is 418 g/mol. The highest BCUT2D eigenvalue weighted by atomic mass is 19.3. The number of nitrogens with two attached hydrogens (primary N) is 1. The number of hydrogen-bond donors (Lipinski definition) is 2. The van der Waals surface area contributed by atoms with Gasteiger partial charge in [0.1, 0.15) is 11.4 Å². The number of fused-ring (bicyclic) bond motifs is 1. The first-order valence-electron chi connectivity index (χ1n) is 9.19. The first-order valence-corrected chi connectivity index (χ1v) is 9.19. The number of ether oxygens (including phenoxy) is 2. The molecule has 1 aliphatic heterocycles. The van der Waals surface area contributed by atoms with Crippen molar-refractivity contribution in [2.24, 2.45) is 5.73 Å². The van der Waals surface area contributed by atoms with Crippen molar-refractivity contribution in [2.75, 3.05) is 25.6 Å². The van der Waals surface area contributed by atoms with Crippen molar-refractivity contribution in [2.45, 2.75) is 25.4 Å². The van der Waals surface area contributed by atoms with Gasteiger partial charge in [-0.2, -0.15) is 5.10 Å². The SMILES string of the molecule is CO[C@@]1(c2cc(C(F)F)cc(-n3nc(C)c4cnc(NC(N)=O)cc43)n2)CCOC1. The lowest BCUT2D eigenvalue weighted by Crippen LogP contribution is -2.30. The number of amides is 2. The van der Waals surface area contributed by atoms with Crippen LogP contribution < -0.4 is 11.1 Å². The van der Waals surface area contributed by atoms with Crippen LogP contribution in [0.4, 0.5) is 19.4 Å². The van der Waals surface area contributed by atoms with Gasteiger partial charge in [0.15, 0.2) is 5.82 Å². The van der Waals surface area contributed by atoms with Gasteiger partial charge in [-0.25, -0.2) is 28.2 Å². The molecule has 3 aromatic heterocycles. The summed E-state index contributed by atoms with van der Waals surface area (Å²) in [5.41, 5.74) is 5.56. The van der Waals surface area contributed by atoms with Gasteiger partial charge in [-0.1, -0.05) is 0 Å². The minimum absolute atomic E-state index is 0.195. The van der Waals surface area contributed by atoms with E-state index < -0.39 is 18.1 Å². The fraction of sp³-hybridized carbons (Fsp3) is 0.368. The van der Waals surface area contributed by atoms with Crippen LogP contribution in [0.1, 0.15) is 29.8 Å². The molecule has 1 fully saturated rings.